The number of aromatic amines is 1. The second kappa shape index (κ2) is 7.22. The molecular formula is C21H19N3OS. The Labute approximate surface area is 156 Å². The third-order valence-electron chi connectivity index (χ3n) is 4.29. The number of hydrogen-bond donors (Lipinski definition) is 2. The molecule has 130 valence electrons. The molecule has 0 fully saturated rings. The van der Waals surface area contributed by atoms with Gasteiger partial charge in [0.25, 0.3) is 0 Å². The summed E-state index contributed by atoms with van der Waals surface area (Å²) in [5.41, 5.74) is 2.80. The second-order valence-electron chi connectivity index (χ2n) is 6.20. The SMILES string of the molecule is C[C@@H](SCC(=O)Nc1ccc2ccccc2c1)c1nc2ccccc2[nH]1. The van der Waals surface area contributed by atoms with Crippen molar-refractivity contribution >= 4 is 45.2 Å². The summed E-state index contributed by atoms with van der Waals surface area (Å²) in [6, 6.07) is 22.0. The van der Waals surface area contributed by atoms with Gasteiger partial charge in [0, 0.05) is 5.69 Å². The molecule has 4 rings (SSSR count). The summed E-state index contributed by atoms with van der Waals surface area (Å²) in [7, 11) is 0. The normalized spacial score (nSPS) is 12.3. The maximum absolute atomic E-state index is 12.3. The maximum Gasteiger partial charge on any atom is 0.234 e. The van der Waals surface area contributed by atoms with Crippen LogP contribution >= 0.6 is 11.8 Å². The number of aromatic nitrogens is 2. The first kappa shape index (κ1) is 16.7. The number of nitrogens with one attached hydrogen (secondary N) is 2. The Morgan fingerprint density at radius 1 is 1.08 bits per heavy atom. The van der Waals surface area contributed by atoms with Crippen LogP contribution in [0.15, 0.2) is 66.7 Å². The largest absolute Gasteiger partial charge is 0.341 e. The molecule has 3 aromatic carbocycles. The van der Waals surface area contributed by atoms with E-state index in [0.29, 0.717) is 5.75 Å². The first-order valence-corrected chi connectivity index (χ1v) is 9.59. The zero-order chi connectivity index (χ0) is 17.9. The smallest absolute Gasteiger partial charge is 0.234 e. The third-order valence-corrected chi connectivity index (χ3v) is 5.44. The molecule has 0 aliphatic carbocycles. The minimum atomic E-state index is -0.00626. The van der Waals surface area contributed by atoms with E-state index in [-0.39, 0.29) is 11.2 Å². The van der Waals surface area contributed by atoms with Crippen molar-refractivity contribution in [1.29, 1.82) is 0 Å². The van der Waals surface area contributed by atoms with Crippen molar-refractivity contribution in [3.8, 4) is 0 Å². The summed E-state index contributed by atoms with van der Waals surface area (Å²) < 4.78 is 0. The Morgan fingerprint density at radius 3 is 2.69 bits per heavy atom. The number of benzene rings is 3. The predicted octanol–water partition coefficient (Wildman–Crippen LogP) is 5.15. The Morgan fingerprint density at radius 2 is 1.85 bits per heavy atom. The molecule has 4 nitrogen and oxygen atoms in total. The number of carbonyl (C=O) groups excluding carboxylic acids is 1. The fourth-order valence-corrected chi connectivity index (χ4v) is 3.65. The monoisotopic (exact) mass is 361 g/mol. The molecule has 1 aromatic heterocycles. The predicted molar refractivity (Wildman–Crippen MR) is 110 cm³/mol. The van der Waals surface area contributed by atoms with E-state index in [9.17, 15) is 4.79 Å². The average molecular weight is 361 g/mol. The summed E-state index contributed by atoms with van der Waals surface area (Å²) in [5, 5.41) is 5.38. The van der Waals surface area contributed by atoms with Gasteiger partial charge < -0.3 is 10.3 Å². The van der Waals surface area contributed by atoms with Crippen LogP contribution < -0.4 is 5.32 Å². The topological polar surface area (TPSA) is 57.8 Å². The van der Waals surface area contributed by atoms with Crippen LogP contribution in [0, 0.1) is 0 Å². The number of nitrogens with zero attached hydrogens (tertiary/aromatic N) is 1. The number of fused-ring (bicyclic) bond motifs is 2. The fraction of sp³-hybridized carbons (Fsp3) is 0.143. The summed E-state index contributed by atoms with van der Waals surface area (Å²) in [6.45, 7) is 2.06. The third kappa shape index (κ3) is 3.58. The van der Waals surface area contributed by atoms with Gasteiger partial charge in [-0.2, -0.15) is 0 Å². The molecule has 0 aliphatic rings. The van der Waals surface area contributed by atoms with Crippen LogP contribution in [-0.4, -0.2) is 21.6 Å². The Hall–Kier alpha value is -2.79. The molecule has 0 spiro atoms. The molecule has 0 saturated heterocycles. The highest BCUT2D eigenvalue weighted by Crippen LogP contribution is 2.28. The van der Waals surface area contributed by atoms with Gasteiger partial charge >= 0.3 is 0 Å². The number of imidazole rings is 1. The van der Waals surface area contributed by atoms with E-state index in [1.54, 1.807) is 11.8 Å². The molecule has 0 bridgehead atoms. The highest BCUT2D eigenvalue weighted by atomic mass is 32.2. The summed E-state index contributed by atoms with van der Waals surface area (Å²) >= 11 is 1.57. The number of rotatable bonds is 5. The minimum Gasteiger partial charge on any atom is -0.341 e. The van der Waals surface area contributed by atoms with Crippen LogP contribution in [0.3, 0.4) is 0 Å². The number of thioether (sulfide) groups is 1. The molecule has 0 unspecified atom stereocenters. The van der Waals surface area contributed by atoms with Crippen molar-refractivity contribution in [2.24, 2.45) is 0 Å². The van der Waals surface area contributed by atoms with Crippen molar-refractivity contribution in [2.75, 3.05) is 11.1 Å². The molecule has 0 aliphatic heterocycles. The summed E-state index contributed by atoms with van der Waals surface area (Å²) in [4.78, 5) is 20.2. The van der Waals surface area contributed by atoms with E-state index in [1.807, 2.05) is 60.7 Å². The number of amides is 1. The lowest BCUT2D eigenvalue weighted by Crippen LogP contribution is -2.14. The first-order chi connectivity index (χ1) is 12.7. The van der Waals surface area contributed by atoms with Gasteiger partial charge in [0.15, 0.2) is 0 Å². The van der Waals surface area contributed by atoms with E-state index in [4.69, 9.17) is 0 Å². The number of H-pyrrole nitrogens is 1. The average Bonchev–Trinajstić information content (AvgIpc) is 3.10. The minimum absolute atomic E-state index is 0.00626. The molecule has 0 saturated carbocycles. The molecular weight excluding hydrogens is 342 g/mol. The molecule has 1 heterocycles. The molecule has 1 amide bonds. The maximum atomic E-state index is 12.3. The lowest BCUT2D eigenvalue weighted by atomic mass is 10.1. The van der Waals surface area contributed by atoms with Gasteiger partial charge in [0.2, 0.25) is 5.91 Å². The Kier molecular flexibility index (Phi) is 4.63. The van der Waals surface area contributed by atoms with Crippen LogP contribution in [0.2, 0.25) is 0 Å². The zero-order valence-corrected chi connectivity index (χ0v) is 15.2. The summed E-state index contributed by atoms with van der Waals surface area (Å²) in [6.07, 6.45) is 0. The van der Waals surface area contributed by atoms with Gasteiger partial charge in [0.05, 0.1) is 22.0 Å². The van der Waals surface area contributed by atoms with Crippen molar-refractivity contribution in [3.63, 3.8) is 0 Å². The highest BCUT2D eigenvalue weighted by Gasteiger charge is 2.13. The first-order valence-electron chi connectivity index (χ1n) is 8.54. The van der Waals surface area contributed by atoms with E-state index < -0.39 is 0 Å². The molecule has 2 N–H and O–H groups in total. The number of carbonyl (C=O) groups is 1. The number of hydrogen-bond acceptors (Lipinski definition) is 3. The zero-order valence-electron chi connectivity index (χ0n) is 14.4. The molecule has 1 atom stereocenters. The molecule has 5 heteroatoms. The van der Waals surface area contributed by atoms with E-state index in [1.165, 1.54) is 5.39 Å². The Bertz CT molecular complexity index is 1040. The number of anilines is 1. The van der Waals surface area contributed by atoms with E-state index in [2.05, 4.69) is 28.3 Å². The van der Waals surface area contributed by atoms with Gasteiger partial charge in [-0.1, -0.05) is 42.5 Å². The van der Waals surface area contributed by atoms with Crippen LogP contribution in [0.25, 0.3) is 21.8 Å². The fourth-order valence-electron chi connectivity index (χ4n) is 2.91. The second-order valence-corrected chi connectivity index (χ2v) is 7.53. The number of para-hydroxylation sites is 2. The quantitative estimate of drug-likeness (QED) is 0.517. The van der Waals surface area contributed by atoms with Gasteiger partial charge in [-0.25, -0.2) is 4.98 Å². The molecule has 0 radical (unpaired) electrons. The summed E-state index contributed by atoms with van der Waals surface area (Å²) in [5.74, 6) is 1.27. The van der Waals surface area contributed by atoms with Crippen molar-refractivity contribution in [3.05, 3.63) is 72.6 Å². The molecule has 26 heavy (non-hydrogen) atoms. The highest BCUT2D eigenvalue weighted by molar-refractivity contribution is 8.00. The van der Waals surface area contributed by atoms with Crippen molar-refractivity contribution in [2.45, 2.75) is 12.2 Å². The van der Waals surface area contributed by atoms with Crippen LogP contribution in [0.1, 0.15) is 18.0 Å². The van der Waals surface area contributed by atoms with Gasteiger partial charge in [0.1, 0.15) is 5.82 Å². The lowest BCUT2D eigenvalue weighted by Gasteiger charge is -2.09. The standard InChI is InChI=1S/C21H19N3OS/c1-14(21-23-18-8-4-5-9-19(18)24-21)26-13-20(25)22-17-11-10-15-6-2-3-7-16(15)12-17/h2-12,14H,13H2,1H3,(H,22,25)(H,23,24)/t14-/m1/s1. The van der Waals surface area contributed by atoms with Crippen LogP contribution in [0.4, 0.5) is 5.69 Å². The van der Waals surface area contributed by atoms with Crippen molar-refractivity contribution in [1.82, 2.24) is 9.97 Å². The van der Waals surface area contributed by atoms with Gasteiger partial charge in [-0.3, -0.25) is 4.79 Å². The van der Waals surface area contributed by atoms with E-state index >= 15 is 0 Å². The van der Waals surface area contributed by atoms with E-state index in [0.717, 1.165) is 27.9 Å². The lowest BCUT2D eigenvalue weighted by molar-refractivity contribution is -0.113. The van der Waals surface area contributed by atoms with Gasteiger partial charge in [-0.05, 0) is 42.0 Å². The Balaban J connectivity index is 1.38. The van der Waals surface area contributed by atoms with Crippen molar-refractivity contribution < 1.29 is 4.79 Å². The van der Waals surface area contributed by atoms with Gasteiger partial charge in [-0.15, -0.1) is 11.8 Å². The van der Waals surface area contributed by atoms with Crippen LogP contribution in [0.5, 0.6) is 0 Å². The molecule has 4 aromatic rings. The van der Waals surface area contributed by atoms with Crippen LogP contribution in [-0.2, 0) is 4.79 Å².